The van der Waals surface area contributed by atoms with Gasteiger partial charge >= 0.3 is 6.18 Å². The van der Waals surface area contributed by atoms with Crippen LogP contribution in [0.15, 0.2) is 35.1 Å². The molecule has 0 saturated carbocycles. The van der Waals surface area contributed by atoms with Gasteiger partial charge in [-0.2, -0.15) is 13.2 Å². The number of nitrogens with two attached hydrogens (primary N) is 1. The SMILES string of the molecule is Nc1nonc1-c1ncc(CC(=O)Nc2cccc(C(F)(F)F)c2)[nH]1. The van der Waals surface area contributed by atoms with E-state index in [4.69, 9.17) is 5.73 Å². The number of nitrogens with zero attached hydrogens (tertiary/aromatic N) is 3. The minimum Gasteiger partial charge on any atom is -0.379 e. The van der Waals surface area contributed by atoms with Crippen LogP contribution in [-0.2, 0) is 17.4 Å². The topological polar surface area (TPSA) is 123 Å². The zero-order valence-electron chi connectivity index (χ0n) is 12.5. The first-order chi connectivity index (χ1) is 11.8. The van der Waals surface area contributed by atoms with Crippen LogP contribution in [0.3, 0.4) is 0 Å². The molecule has 0 fully saturated rings. The number of aromatic nitrogens is 4. The Kier molecular flexibility index (Phi) is 4.13. The molecule has 0 spiro atoms. The summed E-state index contributed by atoms with van der Waals surface area (Å²) in [5.41, 5.74) is 5.35. The quantitative estimate of drug-likeness (QED) is 0.662. The van der Waals surface area contributed by atoms with Gasteiger partial charge < -0.3 is 16.0 Å². The smallest absolute Gasteiger partial charge is 0.379 e. The maximum absolute atomic E-state index is 12.7. The van der Waals surface area contributed by atoms with E-state index < -0.39 is 17.6 Å². The molecule has 0 unspecified atom stereocenters. The summed E-state index contributed by atoms with van der Waals surface area (Å²) in [7, 11) is 0. The normalized spacial score (nSPS) is 11.5. The molecular formula is C14H11F3N6O2. The lowest BCUT2D eigenvalue weighted by molar-refractivity contribution is -0.137. The number of imidazole rings is 1. The number of benzene rings is 1. The Morgan fingerprint density at radius 1 is 1.32 bits per heavy atom. The Morgan fingerprint density at radius 2 is 2.12 bits per heavy atom. The monoisotopic (exact) mass is 352 g/mol. The van der Waals surface area contributed by atoms with E-state index >= 15 is 0 Å². The molecule has 2 aromatic heterocycles. The lowest BCUT2D eigenvalue weighted by atomic mass is 10.2. The third-order valence-electron chi connectivity index (χ3n) is 3.19. The number of anilines is 2. The van der Waals surface area contributed by atoms with Crippen LogP contribution in [0.25, 0.3) is 11.5 Å². The van der Waals surface area contributed by atoms with Gasteiger partial charge in [0.2, 0.25) is 5.91 Å². The summed E-state index contributed by atoms with van der Waals surface area (Å²) in [6.45, 7) is 0. The molecule has 0 atom stereocenters. The first-order valence-corrected chi connectivity index (χ1v) is 6.92. The molecule has 0 aliphatic rings. The Morgan fingerprint density at radius 3 is 2.80 bits per heavy atom. The average Bonchev–Trinajstić information content (AvgIpc) is 3.15. The number of hydrogen-bond acceptors (Lipinski definition) is 6. The number of amides is 1. The van der Waals surface area contributed by atoms with Crippen LogP contribution < -0.4 is 11.1 Å². The Hall–Kier alpha value is -3.37. The number of halogens is 3. The summed E-state index contributed by atoms with van der Waals surface area (Å²) >= 11 is 0. The molecule has 4 N–H and O–H groups in total. The van der Waals surface area contributed by atoms with Gasteiger partial charge in [0.15, 0.2) is 17.3 Å². The summed E-state index contributed by atoms with van der Waals surface area (Å²) in [4.78, 5) is 18.8. The first kappa shape index (κ1) is 16.5. The highest BCUT2D eigenvalue weighted by molar-refractivity contribution is 5.92. The highest BCUT2D eigenvalue weighted by atomic mass is 19.4. The zero-order valence-corrected chi connectivity index (χ0v) is 12.5. The minimum absolute atomic E-state index is 0.0364. The average molecular weight is 352 g/mol. The molecule has 25 heavy (non-hydrogen) atoms. The van der Waals surface area contributed by atoms with Crippen LogP contribution in [0.1, 0.15) is 11.3 Å². The fourth-order valence-corrected chi connectivity index (χ4v) is 2.08. The second-order valence-electron chi connectivity index (χ2n) is 5.06. The molecule has 0 aliphatic carbocycles. The van der Waals surface area contributed by atoms with Crippen molar-refractivity contribution in [2.45, 2.75) is 12.6 Å². The highest BCUT2D eigenvalue weighted by Crippen LogP contribution is 2.30. The molecule has 3 aromatic rings. The van der Waals surface area contributed by atoms with Crippen LogP contribution in [0.2, 0.25) is 0 Å². The van der Waals surface area contributed by atoms with Crippen molar-refractivity contribution in [2.75, 3.05) is 11.1 Å². The lowest BCUT2D eigenvalue weighted by Crippen LogP contribution is -2.15. The van der Waals surface area contributed by atoms with Crippen molar-refractivity contribution in [3.63, 3.8) is 0 Å². The number of hydrogen-bond donors (Lipinski definition) is 3. The Labute approximate surface area is 138 Å². The van der Waals surface area contributed by atoms with Gasteiger partial charge in [0.1, 0.15) is 0 Å². The van der Waals surface area contributed by atoms with Crippen molar-refractivity contribution in [1.82, 2.24) is 20.3 Å². The van der Waals surface area contributed by atoms with Gasteiger partial charge in [-0.15, -0.1) is 0 Å². The van der Waals surface area contributed by atoms with E-state index in [0.717, 1.165) is 12.1 Å². The van der Waals surface area contributed by atoms with Gasteiger partial charge in [0, 0.05) is 17.6 Å². The summed E-state index contributed by atoms with van der Waals surface area (Å²) in [6.07, 6.45) is -3.23. The van der Waals surface area contributed by atoms with Gasteiger partial charge in [-0.05, 0) is 28.5 Å². The maximum Gasteiger partial charge on any atom is 0.416 e. The third-order valence-corrected chi connectivity index (χ3v) is 3.19. The van der Waals surface area contributed by atoms with E-state index in [9.17, 15) is 18.0 Å². The molecule has 130 valence electrons. The molecule has 1 amide bonds. The molecule has 1 aromatic carbocycles. The Balaban J connectivity index is 1.68. The molecule has 2 heterocycles. The number of carbonyl (C=O) groups is 1. The Bertz CT molecular complexity index is 902. The molecule has 0 radical (unpaired) electrons. The van der Waals surface area contributed by atoms with Crippen molar-refractivity contribution in [1.29, 1.82) is 0 Å². The number of alkyl halides is 3. The highest BCUT2D eigenvalue weighted by Gasteiger charge is 2.30. The van der Waals surface area contributed by atoms with E-state index in [1.807, 2.05) is 0 Å². The molecule has 8 nitrogen and oxygen atoms in total. The van der Waals surface area contributed by atoms with Crippen molar-refractivity contribution >= 4 is 17.4 Å². The van der Waals surface area contributed by atoms with Crippen LogP contribution in [0.4, 0.5) is 24.7 Å². The van der Waals surface area contributed by atoms with Crippen molar-refractivity contribution in [3.05, 3.63) is 41.7 Å². The van der Waals surface area contributed by atoms with E-state index in [1.165, 1.54) is 18.3 Å². The molecule has 3 rings (SSSR count). The van der Waals surface area contributed by atoms with Gasteiger partial charge in [-0.25, -0.2) is 9.61 Å². The molecule has 0 aliphatic heterocycles. The number of rotatable bonds is 4. The summed E-state index contributed by atoms with van der Waals surface area (Å²) < 4.78 is 42.5. The standard InChI is InChI=1S/C14H11F3N6O2/c15-14(16,17)7-2-1-3-8(4-7)20-10(24)5-9-6-19-13(21-9)11-12(18)23-25-22-11/h1-4,6H,5H2,(H2,18,23)(H,19,21)(H,20,24). The number of carbonyl (C=O) groups excluding carboxylic acids is 1. The van der Waals surface area contributed by atoms with Crippen LogP contribution >= 0.6 is 0 Å². The number of H-pyrrole nitrogens is 1. The molecular weight excluding hydrogens is 341 g/mol. The van der Waals surface area contributed by atoms with Crippen molar-refractivity contribution in [3.8, 4) is 11.5 Å². The fraction of sp³-hybridized carbons (Fsp3) is 0.143. The molecule has 0 saturated heterocycles. The van der Waals surface area contributed by atoms with Gasteiger partial charge in [0.25, 0.3) is 0 Å². The lowest BCUT2D eigenvalue weighted by Gasteiger charge is -2.09. The van der Waals surface area contributed by atoms with E-state index in [0.29, 0.717) is 5.69 Å². The van der Waals surface area contributed by atoms with Crippen LogP contribution in [0, 0.1) is 0 Å². The molecule has 11 heteroatoms. The van der Waals surface area contributed by atoms with E-state index in [1.54, 1.807) is 0 Å². The number of nitrogens with one attached hydrogen (secondary N) is 2. The van der Waals surface area contributed by atoms with Crippen molar-refractivity contribution < 1.29 is 22.6 Å². The van der Waals surface area contributed by atoms with E-state index in [-0.39, 0.29) is 29.4 Å². The van der Waals surface area contributed by atoms with Crippen LogP contribution in [-0.4, -0.2) is 26.2 Å². The maximum atomic E-state index is 12.7. The predicted octanol–water partition coefficient (Wildman–Crippen LogP) is 2.24. The largest absolute Gasteiger partial charge is 0.416 e. The predicted molar refractivity (Wildman–Crippen MR) is 80.1 cm³/mol. The number of nitrogen functional groups attached to an aromatic ring is 1. The summed E-state index contributed by atoms with van der Waals surface area (Å²) in [5, 5.41) is 9.37. The third kappa shape index (κ3) is 3.76. The minimum atomic E-state index is -4.48. The van der Waals surface area contributed by atoms with Gasteiger partial charge in [-0.1, -0.05) is 6.07 Å². The number of aromatic amines is 1. The van der Waals surface area contributed by atoms with Crippen LogP contribution in [0.5, 0.6) is 0 Å². The second kappa shape index (κ2) is 6.26. The van der Waals surface area contributed by atoms with Gasteiger partial charge in [0.05, 0.1) is 12.0 Å². The first-order valence-electron chi connectivity index (χ1n) is 6.92. The second-order valence-corrected chi connectivity index (χ2v) is 5.06. The summed E-state index contributed by atoms with van der Waals surface area (Å²) in [6, 6.07) is 4.37. The fourth-order valence-electron chi connectivity index (χ4n) is 2.08. The summed E-state index contributed by atoms with van der Waals surface area (Å²) in [5.74, 6) is -0.212. The van der Waals surface area contributed by atoms with Gasteiger partial charge in [-0.3, -0.25) is 4.79 Å². The van der Waals surface area contributed by atoms with Crippen molar-refractivity contribution in [2.24, 2.45) is 0 Å². The van der Waals surface area contributed by atoms with E-state index in [2.05, 4.69) is 30.2 Å². The molecule has 0 bridgehead atoms. The zero-order chi connectivity index (χ0) is 18.0.